The maximum Gasteiger partial charge on any atom is 0.0975 e. The first-order valence-electron chi connectivity index (χ1n) is 5.64. The van der Waals surface area contributed by atoms with Crippen molar-refractivity contribution in [3.05, 3.63) is 49.4 Å². The van der Waals surface area contributed by atoms with Gasteiger partial charge in [0, 0.05) is 27.9 Å². The molecule has 2 rings (SSSR count). The highest BCUT2D eigenvalue weighted by molar-refractivity contribution is 7.11. The Bertz CT molecular complexity index is 552. The lowest BCUT2D eigenvalue weighted by Gasteiger charge is -2.01. The molecule has 0 amide bonds. The molecular formula is C13H14Cl2N2S. The zero-order chi connectivity index (χ0) is 13.1. The van der Waals surface area contributed by atoms with Gasteiger partial charge in [0.15, 0.2) is 0 Å². The van der Waals surface area contributed by atoms with Crippen molar-refractivity contribution in [2.75, 3.05) is 7.05 Å². The summed E-state index contributed by atoms with van der Waals surface area (Å²) in [6.45, 7) is 2.90. The average Bonchev–Trinajstić information content (AvgIpc) is 2.64. The summed E-state index contributed by atoms with van der Waals surface area (Å²) in [7, 11) is 1.94. The molecule has 0 radical (unpaired) electrons. The van der Waals surface area contributed by atoms with Crippen LogP contribution in [0.1, 0.15) is 21.1 Å². The third kappa shape index (κ3) is 3.23. The van der Waals surface area contributed by atoms with E-state index in [9.17, 15) is 0 Å². The standard InChI is InChI=1S/C13H14Cl2N2S/c1-8-12(7-16-2)18-13(17-8)5-9-3-4-10(14)6-11(9)15/h3-4,6,16H,5,7H2,1-2H3. The van der Waals surface area contributed by atoms with Gasteiger partial charge in [0.25, 0.3) is 0 Å². The molecular weight excluding hydrogens is 287 g/mol. The van der Waals surface area contributed by atoms with Crippen LogP contribution in [0.4, 0.5) is 0 Å². The third-order valence-electron chi connectivity index (χ3n) is 2.63. The maximum absolute atomic E-state index is 6.17. The van der Waals surface area contributed by atoms with E-state index in [1.54, 1.807) is 17.4 Å². The molecule has 1 N–H and O–H groups in total. The van der Waals surface area contributed by atoms with E-state index in [0.29, 0.717) is 10.0 Å². The van der Waals surface area contributed by atoms with Crippen LogP contribution in [-0.2, 0) is 13.0 Å². The highest BCUT2D eigenvalue weighted by Crippen LogP contribution is 2.26. The molecule has 1 aromatic carbocycles. The Morgan fingerprint density at radius 3 is 2.78 bits per heavy atom. The zero-order valence-corrected chi connectivity index (χ0v) is 12.6. The minimum atomic E-state index is 0.662. The molecule has 0 spiro atoms. The Morgan fingerprint density at radius 1 is 1.33 bits per heavy atom. The number of nitrogens with one attached hydrogen (secondary N) is 1. The van der Waals surface area contributed by atoms with Gasteiger partial charge in [-0.2, -0.15) is 0 Å². The fourth-order valence-electron chi connectivity index (χ4n) is 1.72. The summed E-state index contributed by atoms with van der Waals surface area (Å²) in [5.41, 5.74) is 2.15. The molecule has 0 aliphatic carbocycles. The first-order chi connectivity index (χ1) is 8.60. The fraction of sp³-hybridized carbons (Fsp3) is 0.308. The van der Waals surface area contributed by atoms with Crippen LogP contribution in [0, 0.1) is 6.92 Å². The van der Waals surface area contributed by atoms with Crippen molar-refractivity contribution in [3.63, 3.8) is 0 Å². The Morgan fingerprint density at radius 2 is 2.11 bits per heavy atom. The molecule has 0 unspecified atom stereocenters. The summed E-state index contributed by atoms with van der Waals surface area (Å²) >= 11 is 13.8. The van der Waals surface area contributed by atoms with E-state index in [4.69, 9.17) is 23.2 Å². The first kappa shape index (κ1) is 13.8. The molecule has 5 heteroatoms. The average molecular weight is 301 g/mol. The van der Waals surface area contributed by atoms with Gasteiger partial charge in [-0.3, -0.25) is 0 Å². The Labute approximate surface area is 121 Å². The molecule has 2 aromatic rings. The molecule has 0 saturated heterocycles. The van der Waals surface area contributed by atoms with Crippen LogP contribution in [0.3, 0.4) is 0 Å². The summed E-state index contributed by atoms with van der Waals surface area (Å²) in [4.78, 5) is 5.85. The molecule has 2 nitrogen and oxygen atoms in total. The van der Waals surface area contributed by atoms with Gasteiger partial charge in [-0.05, 0) is 31.7 Å². The molecule has 0 saturated carbocycles. The van der Waals surface area contributed by atoms with Crippen molar-refractivity contribution in [2.45, 2.75) is 19.9 Å². The lowest BCUT2D eigenvalue weighted by atomic mass is 10.1. The molecule has 1 aromatic heterocycles. The van der Waals surface area contributed by atoms with Gasteiger partial charge in [-0.25, -0.2) is 4.98 Å². The second-order valence-corrected chi connectivity index (χ2v) is 6.07. The van der Waals surface area contributed by atoms with E-state index < -0.39 is 0 Å². The molecule has 18 heavy (non-hydrogen) atoms. The molecule has 96 valence electrons. The highest BCUT2D eigenvalue weighted by Gasteiger charge is 2.09. The SMILES string of the molecule is CNCc1sc(Cc2ccc(Cl)cc2Cl)nc1C. The van der Waals surface area contributed by atoms with E-state index in [-0.39, 0.29) is 0 Å². The van der Waals surface area contributed by atoms with E-state index in [1.807, 2.05) is 26.1 Å². The predicted molar refractivity (Wildman–Crippen MR) is 78.9 cm³/mol. The molecule has 0 fully saturated rings. The topological polar surface area (TPSA) is 24.9 Å². The van der Waals surface area contributed by atoms with Crippen molar-refractivity contribution < 1.29 is 0 Å². The van der Waals surface area contributed by atoms with Gasteiger partial charge in [-0.1, -0.05) is 29.3 Å². The van der Waals surface area contributed by atoms with Crippen molar-refractivity contribution in [3.8, 4) is 0 Å². The minimum Gasteiger partial charge on any atom is -0.315 e. The van der Waals surface area contributed by atoms with E-state index in [0.717, 1.165) is 29.2 Å². The highest BCUT2D eigenvalue weighted by atomic mass is 35.5. The van der Waals surface area contributed by atoms with Gasteiger partial charge in [-0.15, -0.1) is 11.3 Å². The molecule has 1 heterocycles. The van der Waals surface area contributed by atoms with Crippen molar-refractivity contribution in [1.29, 1.82) is 0 Å². The Kier molecular flexibility index (Phi) is 4.62. The second-order valence-electron chi connectivity index (χ2n) is 4.06. The number of hydrogen-bond donors (Lipinski definition) is 1. The smallest absolute Gasteiger partial charge is 0.0975 e. The molecule has 0 aliphatic rings. The molecule has 0 atom stereocenters. The number of aryl methyl sites for hydroxylation is 1. The largest absolute Gasteiger partial charge is 0.315 e. The van der Waals surface area contributed by atoms with Gasteiger partial charge in [0.1, 0.15) is 0 Å². The summed E-state index contributed by atoms with van der Waals surface area (Å²) < 4.78 is 0. The zero-order valence-electron chi connectivity index (χ0n) is 10.3. The van der Waals surface area contributed by atoms with Crippen LogP contribution in [0.15, 0.2) is 18.2 Å². The van der Waals surface area contributed by atoms with Crippen LogP contribution in [0.25, 0.3) is 0 Å². The van der Waals surface area contributed by atoms with Gasteiger partial charge < -0.3 is 5.32 Å². The molecule has 0 bridgehead atoms. The van der Waals surface area contributed by atoms with E-state index in [1.165, 1.54) is 4.88 Å². The Hall–Kier alpha value is -0.610. The van der Waals surface area contributed by atoms with E-state index in [2.05, 4.69) is 10.3 Å². The fourth-order valence-corrected chi connectivity index (χ4v) is 3.30. The normalized spacial score (nSPS) is 10.9. The lowest BCUT2D eigenvalue weighted by Crippen LogP contribution is -2.04. The van der Waals surface area contributed by atoms with Crippen LogP contribution < -0.4 is 5.32 Å². The minimum absolute atomic E-state index is 0.662. The van der Waals surface area contributed by atoms with Gasteiger partial charge in [0.2, 0.25) is 0 Å². The lowest BCUT2D eigenvalue weighted by molar-refractivity contribution is 0.822. The number of hydrogen-bond acceptors (Lipinski definition) is 3. The third-order valence-corrected chi connectivity index (χ3v) is 4.38. The van der Waals surface area contributed by atoms with E-state index >= 15 is 0 Å². The van der Waals surface area contributed by atoms with Gasteiger partial charge in [0.05, 0.1) is 10.7 Å². The molecule has 0 aliphatic heterocycles. The van der Waals surface area contributed by atoms with Crippen molar-refractivity contribution in [2.24, 2.45) is 0 Å². The van der Waals surface area contributed by atoms with Crippen LogP contribution >= 0.6 is 34.5 Å². The number of benzene rings is 1. The predicted octanol–water partition coefficient (Wildman–Crippen LogP) is 4.07. The number of thiazole rings is 1. The van der Waals surface area contributed by atoms with Crippen LogP contribution in [-0.4, -0.2) is 12.0 Å². The first-order valence-corrected chi connectivity index (χ1v) is 7.21. The number of rotatable bonds is 4. The van der Waals surface area contributed by atoms with Crippen molar-refractivity contribution >= 4 is 34.5 Å². The Balaban J connectivity index is 2.20. The summed E-state index contributed by atoms with van der Waals surface area (Å²) in [5.74, 6) is 0. The summed E-state index contributed by atoms with van der Waals surface area (Å²) in [6.07, 6.45) is 0.755. The van der Waals surface area contributed by atoms with Crippen LogP contribution in [0.2, 0.25) is 10.0 Å². The number of aromatic nitrogens is 1. The van der Waals surface area contributed by atoms with Crippen molar-refractivity contribution in [1.82, 2.24) is 10.3 Å². The quantitative estimate of drug-likeness (QED) is 0.921. The second kappa shape index (κ2) is 6.02. The van der Waals surface area contributed by atoms with Crippen LogP contribution in [0.5, 0.6) is 0 Å². The summed E-state index contributed by atoms with van der Waals surface area (Å²) in [6, 6.07) is 5.59. The summed E-state index contributed by atoms with van der Waals surface area (Å²) in [5, 5.41) is 5.59. The number of halogens is 2. The maximum atomic E-state index is 6.17. The monoisotopic (exact) mass is 300 g/mol. The number of nitrogens with zero attached hydrogens (tertiary/aromatic N) is 1. The van der Waals surface area contributed by atoms with Gasteiger partial charge >= 0.3 is 0 Å².